The predicted octanol–water partition coefficient (Wildman–Crippen LogP) is 4.80. The normalized spacial score (nSPS) is 21.9. The molecule has 2 rings (SSSR count). The Bertz CT molecular complexity index is 651. The first kappa shape index (κ1) is 18.0. The van der Waals surface area contributed by atoms with Gasteiger partial charge >= 0.3 is 12.1 Å². The Balaban J connectivity index is 1.89. The highest BCUT2D eigenvalue weighted by Crippen LogP contribution is 2.30. The summed E-state index contributed by atoms with van der Waals surface area (Å²) in [6.07, 6.45) is -1.32. The molecule has 1 aromatic rings. The lowest BCUT2D eigenvalue weighted by Gasteiger charge is -2.26. The van der Waals surface area contributed by atoms with E-state index in [0.29, 0.717) is 25.7 Å². The number of nitriles is 1. The minimum Gasteiger partial charge on any atom is -0.459 e. The standard InChI is InChI=1S/C17H15F4NO2/c18-14(10-22)9-11-1-7-15(8-2-11)24-16(23)12-3-5-13(6-4-12)17(19,20)21/h3-6,9,11,15H,1-2,7-8H2. The Labute approximate surface area is 136 Å². The lowest BCUT2D eigenvalue weighted by atomic mass is 9.87. The van der Waals surface area contributed by atoms with Crippen molar-refractivity contribution in [1.82, 2.24) is 0 Å². The molecule has 1 aromatic carbocycles. The predicted molar refractivity (Wildman–Crippen MR) is 77.4 cm³/mol. The van der Waals surface area contributed by atoms with Crippen LogP contribution in [-0.2, 0) is 10.9 Å². The maximum Gasteiger partial charge on any atom is 0.416 e. The zero-order valence-electron chi connectivity index (χ0n) is 12.6. The highest BCUT2D eigenvalue weighted by molar-refractivity contribution is 5.89. The Kier molecular flexibility index (Phi) is 5.60. The smallest absolute Gasteiger partial charge is 0.416 e. The van der Waals surface area contributed by atoms with Crippen molar-refractivity contribution in [3.8, 4) is 6.07 Å². The monoisotopic (exact) mass is 341 g/mol. The van der Waals surface area contributed by atoms with Gasteiger partial charge in [-0.15, -0.1) is 0 Å². The van der Waals surface area contributed by atoms with Crippen LogP contribution in [0.3, 0.4) is 0 Å². The van der Waals surface area contributed by atoms with Gasteiger partial charge in [-0.1, -0.05) is 0 Å². The van der Waals surface area contributed by atoms with Crippen molar-refractivity contribution in [2.75, 3.05) is 0 Å². The van der Waals surface area contributed by atoms with Gasteiger partial charge in [-0.05, 0) is 61.9 Å². The van der Waals surface area contributed by atoms with Crippen molar-refractivity contribution < 1.29 is 27.1 Å². The zero-order chi connectivity index (χ0) is 17.7. The van der Waals surface area contributed by atoms with Crippen LogP contribution in [0, 0.1) is 17.2 Å². The number of carbonyl (C=O) groups excluding carboxylic acids is 1. The molecule has 7 heteroatoms. The number of hydrogen-bond acceptors (Lipinski definition) is 3. The number of carbonyl (C=O) groups is 1. The van der Waals surface area contributed by atoms with Crippen molar-refractivity contribution in [3.63, 3.8) is 0 Å². The number of rotatable bonds is 3. The summed E-state index contributed by atoms with van der Waals surface area (Å²) in [7, 11) is 0. The Morgan fingerprint density at radius 1 is 1.17 bits per heavy atom. The fraction of sp³-hybridized carbons (Fsp3) is 0.412. The van der Waals surface area contributed by atoms with Crippen LogP contribution in [-0.4, -0.2) is 12.1 Å². The molecule has 128 valence electrons. The summed E-state index contributed by atoms with van der Waals surface area (Å²) in [6.45, 7) is 0. The van der Waals surface area contributed by atoms with E-state index in [0.717, 1.165) is 24.3 Å². The van der Waals surface area contributed by atoms with E-state index < -0.39 is 23.5 Å². The zero-order valence-corrected chi connectivity index (χ0v) is 12.6. The molecule has 0 radical (unpaired) electrons. The summed E-state index contributed by atoms with van der Waals surface area (Å²) in [5, 5.41) is 8.40. The van der Waals surface area contributed by atoms with Crippen molar-refractivity contribution in [2.45, 2.75) is 38.0 Å². The fourth-order valence-corrected chi connectivity index (χ4v) is 2.63. The summed E-state index contributed by atoms with van der Waals surface area (Å²) in [4.78, 5) is 12.0. The molecule has 0 bridgehead atoms. The van der Waals surface area contributed by atoms with E-state index in [4.69, 9.17) is 10.00 Å². The van der Waals surface area contributed by atoms with E-state index in [1.165, 1.54) is 12.1 Å². The number of halogens is 4. The van der Waals surface area contributed by atoms with E-state index in [1.54, 1.807) is 0 Å². The van der Waals surface area contributed by atoms with Crippen LogP contribution in [0.5, 0.6) is 0 Å². The van der Waals surface area contributed by atoms with Gasteiger partial charge < -0.3 is 4.74 Å². The van der Waals surface area contributed by atoms with E-state index in [9.17, 15) is 22.4 Å². The number of esters is 1. The first-order valence-corrected chi connectivity index (χ1v) is 7.45. The maximum atomic E-state index is 12.9. The van der Waals surface area contributed by atoms with Gasteiger partial charge in [0.05, 0.1) is 11.1 Å². The van der Waals surface area contributed by atoms with Gasteiger partial charge in [-0.25, -0.2) is 4.79 Å². The second-order valence-corrected chi connectivity index (χ2v) is 5.64. The van der Waals surface area contributed by atoms with E-state index >= 15 is 0 Å². The molecule has 1 aliphatic rings. The first-order valence-electron chi connectivity index (χ1n) is 7.45. The van der Waals surface area contributed by atoms with Crippen LogP contribution in [0.2, 0.25) is 0 Å². The summed E-state index contributed by atoms with van der Waals surface area (Å²) >= 11 is 0. The van der Waals surface area contributed by atoms with Crippen LogP contribution < -0.4 is 0 Å². The number of alkyl halides is 3. The molecule has 0 amide bonds. The Morgan fingerprint density at radius 3 is 2.25 bits per heavy atom. The Morgan fingerprint density at radius 2 is 1.75 bits per heavy atom. The SMILES string of the molecule is N#CC(F)=CC1CCC(OC(=O)c2ccc(C(F)(F)F)cc2)CC1. The topological polar surface area (TPSA) is 50.1 Å². The first-order chi connectivity index (χ1) is 11.3. The molecule has 0 saturated heterocycles. The number of allylic oxidation sites excluding steroid dienone is 2. The molecule has 1 fully saturated rings. The molecule has 1 saturated carbocycles. The third-order valence-electron chi connectivity index (χ3n) is 3.93. The van der Waals surface area contributed by atoms with E-state index in [2.05, 4.69) is 0 Å². The molecule has 3 nitrogen and oxygen atoms in total. The van der Waals surface area contributed by atoms with Crippen molar-refractivity contribution in [1.29, 1.82) is 5.26 Å². The summed E-state index contributed by atoms with van der Waals surface area (Å²) in [5.74, 6) is -1.56. The quantitative estimate of drug-likeness (QED) is 0.451. The highest BCUT2D eigenvalue weighted by Gasteiger charge is 2.30. The third kappa shape index (κ3) is 4.82. The number of ether oxygens (including phenoxy) is 1. The van der Waals surface area contributed by atoms with Gasteiger partial charge in [0.1, 0.15) is 12.2 Å². The molecule has 0 N–H and O–H groups in total. The van der Waals surface area contributed by atoms with Crippen molar-refractivity contribution in [2.24, 2.45) is 5.92 Å². The molecule has 0 aliphatic heterocycles. The van der Waals surface area contributed by atoms with Crippen LogP contribution in [0.1, 0.15) is 41.6 Å². The van der Waals surface area contributed by atoms with Gasteiger partial charge in [-0.2, -0.15) is 22.8 Å². The van der Waals surface area contributed by atoms with Crippen LogP contribution in [0.25, 0.3) is 0 Å². The second kappa shape index (κ2) is 7.47. The van der Waals surface area contributed by atoms with E-state index in [1.807, 2.05) is 0 Å². The van der Waals surface area contributed by atoms with Crippen molar-refractivity contribution in [3.05, 3.63) is 47.3 Å². The largest absolute Gasteiger partial charge is 0.459 e. The lowest BCUT2D eigenvalue weighted by Crippen LogP contribution is -2.24. The molecule has 24 heavy (non-hydrogen) atoms. The fourth-order valence-electron chi connectivity index (χ4n) is 2.63. The summed E-state index contributed by atoms with van der Waals surface area (Å²) in [5.41, 5.74) is -0.772. The third-order valence-corrected chi connectivity index (χ3v) is 3.93. The maximum absolute atomic E-state index is 12.9. The number of nitrogens with zero attached hydrogens (tertiary/aromatic N) is 1. The van der Waals surface area contributed by atoms with Gasteiger partial charge in [-0.3, -0.25) is 0 Å². The molecule has 0 heterocycles. The molecular formula is C17H15F4NO2. The average Bonchev–Trinajstić information content (AvgIpc) is 2.55. The average molecular weight is 341 g/mol. The molecule has 0 spiro atoms. The summed E-state index contributed by atoms with van der Waals surface area (Å²) < 4.78 is 55.6. The van der Waals surface area contributed by atoms with Gasteiger partial charge in [0, 0.05) is 0 Å². The number of hydrogen-bond donors (Lipinski definition) is 0. The molecular weight excluding hydrogens is 326 g/mol. The lowest BCUT2D eigenvalue weighted by molar-refractivity contribution is -0.137. The summed E-state index contributed by atoms with van der Waals surface area (Å²) in [6, 6.07) is 5.26. The van der Waals surface area contributed by atoms with Gasteiger partial charge in [0.15, 0.2) is 5.83 Å². The molecule has 0 atom stereocenters. The Hall–Kier alpha value is -2.36. The molecule has 0 unspecified atom stereocenters. The van der Waals surface area contributed by atoms with Crippen LogP contribution in [0.15, 0.2) is 36.2 Å². The van der Waals surface area contributed by atoms with Crippen LogP contribution >= 0.6 is 0 Å². The minimum atomic E-state index is -4.45. The van der Waals surface area contributed by atoms with E-state index in [-0.39, 0.29) is 17.6 Å². The second-order valence-electron chi connectivity index (χ2n) is 5.64. The van der Waals surface area contributed by atoms with Crippen molar-refractivity contribution >= 4 is 5.97 Å². The number of benzene rings is 1. The molecule has 0 aromatic heterocycles. The van der Waals surface area contributed by atoms with Gasteiger partial charge in [0.2, 0.25) is 0 Å². The van der Waals surface area contributed by atoms with Gasteiger partial charge in [0.25, 0.3) is 0 Å². The van der Waals surface area contributed by atoms with Crippen LogP contribution in [0.4, 0.5) is 17.6 Å². The highest BCUT2D eigenvalue weighted by atomic mass is 19.4. The molecule has 1 aliphatic carbocycles. The minimum absolute atomic E-state index is 0.0561.